The Balaban J connectivity index is 2.58. The van der Waals surface area contributed by atoms with Gasteiger partial charge in [-0.25, -0.2) is 9.13 Å². The molecule has 0 saturated heterocycles. The van der Waals surface area contributed by atoms with Crippen molar-refractivity contribution in [3.8, 4) is 0 Å². The number of aliphatic hydroxyl groups is 4. The maximum absolute atomic E-state index is 13.0. The molecule has 1 aliphatic rings. The number of esters is 2. The van der Waals surface area contributed by atoms with Gasteiger partial charge in [-0.05, 0) is 25.8 Å². The summed E-state index contributed by atoms with van der Waals surface area (Å²) >= 11 is 0. The minimum absolute atomic E-state index is 0.0484. The number of carbonyl (C=O) groups is 2. The van der Waals surface area contributed by atoms with Crippen LogP contribution >= 0.6 is 15.6 Å². The molecule has 61 heavy (non-hydrogen) atoms. The minimum atomic E-state index is -5.36. The average molecular weight is 920 g/mol. The van der Waals surface area contributed by atoms with E-state index in [0.717, 1.165) is 64.3 Å². The molecule has 362 valence electrons. The van der Waals surface area contributed by atoms with Gasteiger partial charge in [0.2, 0.25) is 0 Å². The van der Waals surface area contributed by atoms with E-state index in [0.29, 0.717) is 12.8 Å². The van der Waals surface area contributed by atoms with Crippen LogP contribution in [0.1, 0.15) is 193 Å². The number of phosphoric ester groups is 2. The lowest BCUT2D eigenvalue weighted by molar-refractivity contribution is -0.216. The van der Waals surface area contributed by atoms with Crippen molar-refractivity contribution in [2.75, 3.05) is 19.8 Å². The Morgan fingerprint density at radius 1 is 0.508 bits per heavy atom. The number of hydrogen-bond acceptors (Lipinski definition) is 14. The Morgan fingerprint density at radius 2 is 0.885 bits per heavy atom. The van der Waals surface area contributed by atoms with Crippen LogP contribution in [0.25, 0.3) is 0 Å². The zero-order valence-electron chi connectivity index (χ0n) is 36.9. The lowest BCUT2D eigenvalue weighted by atomic mass is 9.85. The Hall–Kier alpha value is -1.04. The first-order valence-corrected chi connectivity index (χ1v) is 26.3. The summed E-state index contributed by atoms with van der Waals surface area (Å²) in [7, 11) is -10.7. The van der Waals surface area contributed by atoms with Crippen LogP contribution in [0.4, 0.5) is 0 Å². The largest absolute Gasteiger partial charge is 0.472 e. The van der Waals surface area contributed by atoms with Gasteiger partial charge >= 0.3 is 27.6 Å². The van der Waals surface area contributed by atoms with E-state index in [1.54, 1.807) is 0 Å². The van der Waals surface area contributed by atoms with Crippen molar-refractivity contribution >= 4 is 27.6 Å². The van der Waals surface area contributed by atoms with E-state index in [-0.39, 0.29) is 12.8 Å². The summed E-state index contributed by atoms with van der Waals surface area (Å²) in [6, 6.07) is 0. The van der Waals surface area contributed by atoms with E-state index in [1.807, 2.05) is 0 Å². The lowest BCUT2D eigenvalue weighted by Gasteiger charge is -2.43. The highest BCUT2D eigenvalue weighted by molar-refractivity contribution is 7.47. The number of aliphatic hydroxyl groups excluding tert-OH is 4. The fraction of sp³-hybridized carbons (Fsp3) is 0.952. The molecule has 9 N–H and O–H groups in total. The smallest absolute Gasteiger partial charge is 0.462 e. The normalized spacial score (nSPS) is 22.2. The fourth-order valence-electron chi connectivity index (χ4n) is 7.39. The third kappa shape index (κ3) is 29.9. The van der Waals surface area contributed by atoms with Gasteiger partial charge < -0.3 is 50.3 Å². The monoisotopic (exact) mass is 920 g/mol. The van der Waals surface area contributed by atoms with E-state index >= 15 is 0 Å². The van der Waals surface area contributed by atoms with Crippen molar-refractivity contribution in [3.05, 3.63) is 0 Å². The molecule has 0 amide bonds. The number of unbranched alkanes of at least 4 members (excludes halogenated alkanes) is 25. The van der Waals surface area contributed by atoms with Crippen molar-refractivity contribution in [2.24, 2.45) is 5.73 Å². The second-order valence-electron chi connectivity index (χ2n) is 16.6. The number of carbonyl (C=O) groups excluding carboxylic acids is 2. The van der Waals surface area contributed by atoms with Gasteiger partial charge in [0.25, 0.3) is 0 Å². The Morgan fingerprint density at radius 3 is 1.30 bits per heavy atom. The van der Waals surface area contributed by atoms with Gasteiger partial charge in [0.15, 0.2) is 6.10 Å². The van der Waals surface area contributed by atoms with Gasteiger partial charge in [-0.1, -0.05) is 161 Å². The van der Waals surface area contributed by atoms with Gasteiger partial charge in [-0.15, -0.1) is 0 Å². The molecule has 1 saturated carbocycles. The highest BCUT2D eigenvalue weighted by Gasteiger charge is 2.54. The van der Waals surface area contributed by atoms with E-state index in [9.17, 15) is 44.0 Å². The first-order chi connectivity index (χ1) is 29.1. The maximum Gasteiger partial charge on any atom is 0.472 e. The molecule has 0 aliphatic heterocycles. The highest BCUT2D eigenvalue weighted by atomic mass is 31.2. The van der Waals surface area contributed by atoms with Crippen LogP contribution in [-0.2, 0) is 41.8 Å². The summed E-state index contributed by atoms with van der Waals surface area (Å²) in [6.45, 7) is 1.65. The molecular formula is C42H83NO16P2. The van der Waals surface area contributed by atoms with Crippen molar-refractivity contribution in [2.45, 2.75) is 236 Å². The summed E-state index contributed by atoms with van der Waals surface area (Å²) in [5.41, 5.74) is 5.54. The summed E-state index contributed by atoms with van der Waals surface area (Å²) < 4.78 is 49.3. The SMILES string of the molecule is CCCCCCCCCCCCCCCC(=O)O[C@H](COC(=O)CCCCCCCCCCCCCCCCN)COP(=O)(O)OC1C(O)[C@@H](O)C(O)[C@@H](OP(=O)(O)O)[C@H]1O. The number of phosphoric acid groups is 2. The zero-order chi connectivity index (χ0) is 45.4. The third-order valence-electron chi connectivity index (χ3n) is 11.0. The quantitative estimate of drug-likeness (QED) is 0.0172. The van der Waals surface area contributed by atoms with Crippen molar-refractivity contribution in [1.82, 2.24) is 0 Å². The van der Waals surface area contributed by atoms with Crippen molar-refractivity contribution < 1.29 is 76.9 Å². The lowest BCUT2D eigenvalue weighted by Crippen LogP contribution is -2.64. The van der Waals surface area contributed by atoms with Gasteiger partial charge in [0.1, 0.15) is 43.2 Å². The van der Waals surface area contributed by atoms with Crippen LogP contribution < -0.4 is 5.73 Å². The van der Waals surface area contributed by atoms with Crippen LogP contribution in [0.2, 0.25) is 0 Å². The standard InChI is InChI=1S/C42H83NO16P2/c1-2-3-4-5-6-7-8-11-15-18-21-24-27-30-36(45)57-34(32-55-35(44)29-26-23-20-17-14-12-9-10-13-16-19-22-25-28-31-43)33-56-61(53,54)59-42-39(48)37(46)38(47)41(40(42)49)58-60(50,51)52/h34,37-42,46-49H,2-33,43H2,1H3,(H,53,54)(H2,50,51,52)/t34-,37+,38?,39?,40-,41-,42?/m1/s1. The molecular weight excluding hydrogens is 836 g/mol. The molecule has 0 heterocycles. The Labute approximate surface area is 365 Å². The number of rotatable bonds is 40. The van der Waals surface area contributed by atoms with E-state index < -0.39 is 83.5 Å². The molecule has 17 nitrogen and oxygen atoms in total. The van der Waals surface area contributed by atoms with Crippen molar-refractivity contribution in [1.29, 1.82) is 0 Å². The molecule has 0 spiro atoms. The minimum Gasteiger partial charge on any atom is -0.462 e. The molecule has 1 rings (SSSR count). The highest BCUT2D eigenvalue weighted by Crippen LogP contribution is 2.49. The first-order valence-electron chi connectivity index (χ1n) is 23.3. The summed E-state index contributed by atoms with van der Waals surface area (Å²) in [5.74, 6) is -1.20. The number of nitrogens with two attached hydrogens (primary N) is 1. The second kappa shape index (κ2) is 35.2. The predicted molar refractivity (Wildman–Crippen MR) is 231 cm³/mol. The van der Waals surface area contributed by atoms with Gasteiger partial charge in [-0.3, -0.25) is 23.2 Å². The van der Waals surface area contributed by atoms with Crippen molar-refractivity contribution in [3.63, 3.8) is 0 Å². The number of ether oxygens (including phenoxy) is 2. The molecule has 19 heteroatoms. The summed E-state index contributed by atoms with van der Waals surface area (Å²) in [4.78, 5) is 54.2. The van der Waals surface area contributed by atoms with Gasteiger partial charge in [0, 0.05) is 12.8 Å². The topological polar surface area (TPSA) is 282 Å². The molecule has 0 aromatic rings. The number of hydrogen-bond donors (Lipinski definition) is 8. The van der Waals surface area contributed by atoms with Crippen LogP contribution in [0, 0.1) is 0 Å². The molecule has 1 aliphatic carbocycles. The zero-order valence-corrected chi connectivity index (χ0v) is 38.7. The predicted octanol–water partition coefficient (Wildman–Crippen LogP) is 7.17. The van der Waals surface area contributed by atoms with E-state index in [1.165, 1.54) is 103 Å². The summed E-state index contributed by atoms with van der Waals surface area (Å²) in [6.07, 6.45) is 15.8. The van der Waals surface area contributed by atoms with Crippen LogP contribution in [0.15, 0.2) is 0 Å². The molecule has 0 aromatic heterocycles. The average Bonchev–Trinajstić information content (AvgIpc) is 3.21. The first kappa shape index (κ1) is 58.0. The second-order valence-corrected chi connectivity index (χ2v) is 19.2. The molecule has 8 atom stereocenters. The van der Waals surface area contributed by atoms with Crippen LogP contribution in [0.5, 0.6) is 0 Å². The van der Waals surface area contributed by atoms with E-state index in [2.05, 4.69) is 11.4 Å². The van der Waals surface area contributed by atoms with E-state index in [4.69, 9.17) is 34.0 Å². The maximum atomic E-state index is 13.0. The Kier molecular flexibility index (Phi) is 33.5. The summed E-state index contributed by atoms with van der Waals surface area (Å²) in [5, 5.41) is 41.2. The van der Waals surface area contributed by atoms with Crippen LogP contribution in [-0.4, -0.2) is 110 Å². The van der Waals surface area contributed by atoms with Crippen LogP contribution in [0.3, 0.4) is 0 Å². The Bertz CT molecular complexity index is 1210. The molecule has 0 bridgehead atoms. The molecule has 4 unspecified atom stereocenters. The fourth-order valence-corrected chi connectivity index (χ4v) is 8.93. The van der Waals surface area contributed by atoms with Gasteiger partial charge in [0.05, 0.1) is 6.61 Å². The molecule has 0 aromatic carbocycles. The van der Waals surface area contributed by atoms with Gasteiger partial charge in [-0.2, -0.15) is 0 Å². The molecule has 1 fully saturated rings. The third-order valence-corrected chi connectivity index (χ3v) is 12.5. The molecule has 0 radical (unpaired) electrons.